The Labute approximate surface area is 155 Å². The van der Waals surface area contributed by atoms with E-state index in [1.165, 1.54) is 11.3 Å². The zero-order valence-electron chi connectivity index (χ0n) is 14.2. The first-order valence-corrected chi connectivity index (χ1v) is 9.61. The Morgan fingerprint density at radius 3 is 2.85 bits per heavy atom. The van der Waals surface area contributed by atoms with Crippen LogP contribution in [0.2, 0.25) is 0 Å². The fraction of sp³-hybridized carbons (Fsp3) is 0.250. The Hall–Kier alpha value is -2.73. The topological polar surface area (TPSA) is 62.3 Å². The highest BCUT2D eigenvalue weighted by atomic mass is 32.1. The minimum absolute atomic E-state index is 0.0594. The fourth-order valence-electron chi connectivity index (χ4n) is 3.41. The second-order valence-electron chi connectivity index (χ2n) is 6.36. The van der Waals surface area contributed by atoms with Crippen molar-refractivity contribution in [1.29, 1.82) is 0 Å². The maximum absolute atomic E-state index is 13.0. The number of para-hydroxylation sites is 1. The zero-order chi connectivity index (χ0) is 17.9. The fourth-order valence-corrected chi connectivity index (χ4v) is 4.09. The predicted molar refractivity (Wildman–Crippen MR) is 103 cm³/mol. The molecular weight excluding hydrogens is 346 g/mol. The van der Waals surface area contributed by atoms with Crippen LogP contribution in [-0.2, 0) is 4.79 Å². The van der Waals surface area contributed by atoms with E-state index in [4.69, 9.17) is 0 Å². The third kappa shape index (κ3) is 3.20. The molecule has 26 heavy (non-hydrogen) atoms. The van der Waals surface area contributed by atoms with Gasteiger partial charge in [0.1, 0.15) is 6.04 Å². The van der Waals surface area contributed by atoms with Crippen molar-refractivity contribution in [2.75, 3.05) is 11.9 Å². The molecule has 5 nitrogen and oxygen atoms in total. The van der Waals surface area contributed by atoms with E-state index in [0.29, 0.717) is 23.5 Å². The molecule has 0 aliphatic carbocycles. The van der Waals surface area contributed by atoms with Crippen molar-refractivity contribution in [1.82, 2.24) is 9.88 Å². The molecule has 1 aliphatic heterocycles. The normalized spacial score (nSPS) is 17.2. The van der Waals surface area contributed by atoms with Gasteiger partial charge in [0.15, 0.2) is 0 Å². The van der Waals surface area contributed by atoms with Gasteiger partial charge in [-0.1, -0.05) is 24.3 Å². The third-order valence-electron chi connectivity index (χ3n) is 4.69. The van der Waals surface area contributed by atoms with Crippen molar-refractivity contribution >= 4 is 39.7 Å². The number of nitrogens with one attached hydrogen (secondary N) is 1. The Balaban J connectivity index is 1.58. The Morgan fingerprint density at radius 1 is 1.12 bits per heavy atom. The number of likely N-dealkylation sites (tertiary alicyclic amines) is 1. The van der Waals surface area contributed by atoms with Crippen LogP contribution in [0.1, 0.15) is 28.9 Å². The van der Waals surface area contributed by atoms with Crippen molar-refractivity contribution in [3.05, 3.63) is 58.9 Å². The van der Waals surface area contributed by atoms with Crippen LogP contribution in [0.25, 0.3) is 10.9 Å². The minimum Gasteiger partial charge on any atom is -0.326 e. The van der Waals surface area contributed by atoms with E-state index in [1.54, 1.807) is 11.1 Å². The Bertz CT molecular complexity index is 934. The van der Waals surface area contributed by atoms with Crippen LogP contribution in [0.5, 0.6) is 0 Å². The predicted octanol–water partition coefficient (Wildman–Crippen LogP) is 3.93. The Kier molecular flexibility index (Phi) is 4.67. The summed E-state index contributed by atoms with van der Waals surface area (Å²) < 4.78 is 0. The highest BCUT2D eigenvalue weighted by Crippen LogP contribution is 2.25. The summed E-state index contributed by atoms with van der Waals surface area (Å²) in [5.74, 6) is -0.205. The van der Waals surface area contributed by atoms with Gasteiger partial charge in [-0.2, -0.15) is 0 Å². The molecule has 132 valence electrons. The maximum atomic E-state index is 13.0. The zero-order valence-corrected chi connectivity index (χ0v) is 15.0. The first-order valence-electron chi connectivity index (χ1n) is 8.73. The van der Waals surface area contributed by atoms with Crippen LogP contribution in [0.15, 0.2) is 54.0 Å². The molecule has 0 radical (unpaired) electrons. The molecule has 2 amide bonds. The van der Waals surface area contributed by atoms with Gasteiger partial charge in [0.25, 0.3) is 5.91 Å². The van der Waals surface area contributed by atoms with E-state index in [-0.39, 0.29) is 11.8 Å². The van der Waals surface area contributed by atoms with Gasteiger partial charge in [-0.15, -0.1) is 11.3 Å². The lowest BCUT2D eigenvalue weighted by Crippen LogP contribution is -2.49. The number of anilines is 1. The maximum Gasteiger partial charge on any atom is 0.264 e. The van der Waals surface area contributed by atoms with Gasteiger partial charge in [0, 0.05) is 18.1 Å². The first kappa shape index (κ1) is 16.7. The summed E-state index contributed by atoms with van der Waals surface area (Å²) >= 11 is 1.41. The summed E-state index contributed by atoms with van der Waals surface area (Å²) in [6.45, 7) is 0.614. The lowest BCUT2D eigenvalue weighted by atomic mass is 10.0. The van der Waals surface area contributed by atoms with Gasteiger partial charge in [0.2, 0.25) is 5.91 Å². The van der Waals surface area contributed by atoms with E-state index in [9.17, 15) is 9.59 Å². The number of amides is 2. The average molecular weight is 365 g/mol. The summed E-state index contributed by atoms with van der Waals surface area (Å²) in [7, 11) is 0. The minimum atomic E-state index is -0.447. The molecule has 1 fully saturated rings. The number of rotatable bonds is 3. The lowest BCUT2D eigenvalue weighted by Gasteiger charge is -2.34. The largest absolute Gasteiger partial charge is 0.326 e. The van der Waals surface area contributed by atoms with E-state index in [1.807, 2.05) is 47.8 Å². The number of aromatic nitrogens is 1. The highest BCUT2D eigenvalue weighted by Gasteiger charge is 2.33. The molecule has 1 atom stereocenters. The van der Waals surface area contributed by atoms with Gasteiger partial charge in [-0.05, 0) is 42.8 Å². The van der Waals surface area contributed by atoms with Crippen molar-refractivity contribution in [3.8, 4) is 0 Å². The summed E-state index contributed by atoms with van der Waals surface area (Å²) in [6, 6.07) is 12.8. The number of pyridine rings is 1. The number of carbonyl (C=O) groups is 2. The summed E-state index contributed by atoms with van der Waals surface area (Å²) in [4.78, 5) is 32.5. The van der Waals surface area contributed by atoms with Crippen LogP contribution in [-0.4, -0.2) is 34.3 Å². The standard InChI is InChI=1S/C20H19N3O2S/c24-19(22-15-8-3-6-14-7-4-11-21-18(14)15)16-9-1-2-12-23(16)20(25)17-10-5-13-26-17/h3-8,10-11,13,16H,1-2,9,12H2,(H,22,24). The molecule has 1 aromatic carbocycles. The number of thiophene rings is 1. The molecule has 0 saturated carbocycles. The van der Waals surface area contributed by atoms with Gasteiger partial charge < -0.3 is 10.2 Å². The number of hydrogen-bond donors (Lipinski definition) is 1. The van der Waals surface area contributed by atoms with Crippen LogP contribution in [0, 0.1) is 0 Å². The summed E-state index contributed by atoms with van der Waals surface area (Å²) in [5.41, 5.74) is 1.44. The smallest absolute Gasteiger partial charge is 0.264 e. The molecule has 1 unspecified atom stereocenters. The van der Waals surface area contributed by atoms with Gasteiger partial charge in [-0.25, -0.2) is 0 Å². The second-order valence-corrected chi connectivity index (χ2v) is 7.31. The Morgan fingerprint density at radius 2 is 2.00 bits per heavy atom. The van der Waals surface area contributed by atoms with Crippen LogP contribution >= 0.6 is 11.3 Å². The molecule has 0 spiro atoms. The molecule has 1 aliphatic rings. The highest BCUT2D eigenvalue weighted by molar-refractivity contribution is 7.12. The molecule has 2 aromatic heterocycles. The molecular formula is C20H19N3O2S. The number of fused-ring (bicyclic) bond motifs is 1. The average Bonchev–Trinajstić information content (AvgIpc) is 3.22. The molecule has 0 bridgehead atoms. The monoisotopic (exact) mass is 365 g/mol. The third-order valence-corrected chi connectivity index (χ3v) is 5.55. The van der Waals surface area contributed by atoms with Gasteiger partial charge >= 0.3 is 0 Å². The van der Waals surface area contributed by atoms with E-state index in [2.05, 4.69) is 10.3 Å². The summed E-state index contributed by atoms with van der Waals surface area (Å²) in [6.07, 6.45) is 4.27. The number of nitrogens with zero attached hydrogens (tertiary/aromatic N) is 2. The lowest BCUT2D eigenvalue weighted by molar-refractivity contribution is -0.121. The van der Waals surface area contributed by atoms with Crippen molar-refractivity contribution in [2.45, 2.75) is 25.3 Å². The van der Waals surface area contributed by atoms with Gasteiger partial charge in [0.05, 0.1) is 16.1 Å². The summed E-state index contributed by atoms with van der Waals surface area (Å²) in [5, 5.41) is 5.85. The molecule has 1 saturated heterocycles. The molecule has 1 N–H and O–H groups in total. The second kappa shape index (κ2) is 7.25. The number of benzene rings is 1. The van der Waals surface area contributed by atoms with E-state index in [0.717, 1.165) is 23.7 Å². The van der Waals surface area contributed by atoms with E-state index >= 15 is 0 Å². The molecule has 3 heterocycles. The SMILES string of the molecule is O=C(Nc1cccc2cccnc12)C1CCCCN1C(=O)c1cccs1. The van der Waals surface area contributed by atoms with Crippen molar-refractivity contribution in [3.63, 3.8) is 0 Å². The molecule has 3 aromatic rings. The van der Waals surface area contributed by atoms with Crippen LogP contribution in [0.4, 0.5) is 5.69 Å². The van der Waals surface area contributed by atoms with E-state index < -0.39 is 6.04 Å². The van der Waals surface area contributed by atoms with Crippen molar-refractivity contribution in [2.24, 2.45) is 0 Å². The number of piperidine rings is 1. The van der Waals surface area contributed by atoms with Crippen LogP contribution in [0.3, 0.4) is 0 Å². The number of hydrogen-bond acceptors (Lipinski definition) is 4. The first-order chi connectivity index (χ1) is 12.7. The molecule has 6 heteroatoms. The van der Waals surface area contributed by atoms with Gasteiger partial charge in [-0.3, -0.25) is 14.6 Å². The van der Waals surface area contributed by atoms with Crippen molar-refractivity contribution < 1.29 is 9.59 Å². The quantitative estimate of drug-likeness (QED) is 0.765. The van der Waals surface area contributed by atoms with Crippen LogP contribution < -0.4 is 5.32 Å². The molecule has 4 rings (SSSR count). The number of carbonyl (C=O) groups excluding carboxylic acids is 2.